The Morgan fingerprint density at radius 3 is 2.87 bits per heavy atom. The summed E-state index contributed by atoms with van der Waals surface area (Å²) in [5.74, 6) is 0.932. The van der Waals surface area contributed by atoms with E-state index >= 15 is 0 Å². The minimum Gasteiger partial charge on any atom is -0.347 e. The fourth-order valence-electron chi connectivity index (χ4n) is 2.41. The van der Waals surface area contributed by atoms with Crippen LogP contribution in [0.5, 0.6) is 0 Å². The molecule has 0 saturated heterocycles. The Balaban J connectivity index is 1.98. The maximum atomic E-state index is 2.42. The zero-order valence-electron chi connectivity index (χ0n) is 9.24. The molecule has 15 heavy (non-hydrogen) atoms. The Morgan fingerprint density at radius 1 is 1.27 bits per heavy atom. The largest absolute Gasteiger partial charge is 0.347 e. The summed E-state index contributed by atoms with van der Waals surface area (Å²) in [5.41, 5.74) is 2.76. The number of fused-ring (bicyclic) bond motifs is 1. The molecule has 1 aromatic carbocycles. The van der Waals surface area contributed by atoms with Crippen LogP contribution in [0.1, 0.15) is 24.8 Å². The van der Waals surface area contributed by atoms with Gasteiger partial charge in [-0.3, -0.25) is 0 Å². The van der Waals surface area contributed by atoms with E-state index in [1.165, 1.54) is 42.3 Å². The molecule has 0 amide bonds. The van der Waals surface area contributed by atoms with Gasteiger partial charge in [-0.25, -0.2) is 0 Å². The monoisotopic (exact) mass is 199 g/mol. The third-order valence-corrected chi connectivity index (χ3v) is 3.61. The summed E-state index contributed by atoms with van der Waals surface area (Å²) in [6.07, 6.45) is 6.52. The molecule has 0 N–H and O–H groups in total. The maximum Gasteiger partial charge on any atom is 0.0483 e. The van der Waals surface area contributed by atoms with Gasteiger partial charge in [0, 0.05) is 18.3 Å². The molecule has 1 heterocycles. The standard InChI is InChI=1S/C14H17N/c1-11-5-6-13-7-8-15(14(13)9-11)10-12-3-2-4-12/h5-9,12H,2-4,10H2,1H3. The van der Waals surface area contributed by atoms with Gasteiger partial charge in [-0.1, -0.05) is 18.6 Å². The van der Waals surface area contributed by atoms with Gasteiger partial charge in [0.1, 0.15) is 0 Å². The first kappa shape index (κ1) is 9.02. The van der Waals surface area contributed by atoms with E-state index in [0.29, 0.717) is 0 Å². The molecule has 0 unspecified atom stereocenters. The third-order valence-electron chi connectivity index (χ3n) is 3.61. The van der Waals surface area contributed by atoms with E-state index in [1.807, 2.05) is 0 Å². The second-order valence-electron chi connectivity index (χ2n) is 4.83. The average molecular weight is 199 g/mol. The summed E-state index contributed by atoms with van der Waals surface area (Å²) in [4.78, 5) is 0. The lowest BCUT2D eigenvalue weighted by molar-refractivity contribution is 0.280. The number of nitrogens with zero attached hydrogens (tertiary/aromatic N) is 1. The first-order valence-electron chi connectivity index (χ1n) is 5.88. The summed E-state index contributed by atoms with van der Waals surface area (Å²) in [7, 11) is 0. The molecule has 0 atom stereocenters. The number of aryl methyl sites for hydroxylation is 1. The second kappa shape index (κ2) is 3.41. The zero-order valence-corrected chi connectivity index (χ0v) is 9.24. The zero-order chi connectivity index (χ0) is 10.3. The molecule has 0 radical (unpaired) electrons. The van der Waals surface area contributed by atoms with E-state index in [2.05, 4.69) is 42.0 Å². The van der Waals surface area contributed by atoms with E-state index in [4.69, 9.17) is 0 Å². The fourth-order valence-corrected chi connectivity index (χ4v) is 2.41. The lowest BCUT2D eigenvalue weighted by Gasteiger charge is -2.26. The van der Waals surface area contributed by atoms with Crippen LogP contribution in [-0.4, -0.2) is 4.57 Å². The number of hydrogen-bond donors (Lipinski definition) is 0. The summed E-state index contributed by atoms with van der Waals surface area (Å²) < 4.78 is 2.42. The van der Waals surface area contributed by atoms with Gasteiger partial charge in [-0.2, -0.15) is 0 Å². The highest BCUT2D eigenvalue weighted by Gasteiger charge is 2.18. The molecule has 1 heteroatoms. The maximum absolute atomic E-state index is 2.42. The van der Waals surface area contributed by atoms with Gasteiger partial charge < -0.3 is 4.57 Å². The van der Waals surface area contributed by atoms with Gasteiger partial charge in [0.15, 0.2) is 0 Å². The van der Waals surface area contributed by atoms with Crippen LogP contribution in [0.25, 0.3) is 10.9 Å². The van der Waals surface area contributed by atoms with Crippen molar-refractivity contribution in [3.63, 3.8) is 0 Å². The number of hydrogen-bond acceptors (Lipinski definition) is 0. The number of aromatic nitrogens is 1. The second-order valence-corrected chi connectivity index (χ2v) is 4.83. The average Bonchev–Trinajstić information content (AvgIpc) is 2.54. The highest BCUT2D eigenvalue weighted by Crippen LogP contribution is 2.29. The molecule has 1 saturated carbocycles. The first-order chi connectivity index (χ1) is 7.33. The van der Waals surface area contributed by atoms with Crippen LogP contribution in [0.4, 0.5) is 0 Å². The van der Waals surface area contributed by atoms with Crippen molar-refractivity contribution >= 4 is 10.9 Å². The molecular formula is C14H17N. The van der Waals surface area contributed by atoms with Gasteiger partial charge in [0.25, 0.3) is 0 Å². The Bertz CT molecular complexity index is 477. The van der Waals surface area contributed by atoms with Gasteiger partial charge in [-0.05, 0) is 48.8 Å². The van der Waals surface area contributed by atoms with Crippen molar-refractivity contribution in [1.82, 2.24) is 4.57 Å². The Kier molecular flexibility index (Phi) is 2.05. The normalized spacial score (nSPS) is 16.9. The minimum absolute atomic E-state index is 0.932. The van der Waals surface area contributed by atoms with E-state index in [-0.39, 0.29) is 0 Å². The van der Waals surface area contributed by atoms with Crippen molar-refractivity contribution in [2.24, 2.45) is 5.92 Å². The van der Waals surface area contributed by atoms with Crippen LogP contribution in [0.3, 0.4) is 0 Å². The lowest BCUT2D eigenvalue weighted by atomic mass is 9.85. The number of rotatable bonds is 2. The van der Waals surface area contributed by atoms with Crippen molar-refractivity contribution < 1.29 is 0 Å². The van der Waals surface area contributed by atoms with Gasteiger partial charge >= 0.3 is 0 Å². The smallest absolute Gasteiger partial charge is 0.0483 e. The summed E-state index contributed by atoms with van der Waals surface area (Å²) in [6, 6.07) is 8.94. The molecule has 0 bridgehead atoms. The van der Waals surface area contributed by atoms with Crippen LogP contribution < -0.4 is 0 Å². The summed E-state index contributed by atoms with van der Waals surface area (Å²) in [5, 5.41) is 1.37. The van der Waals surface area contributed by atoms with E-state index in [1.54, 1.807) is 0 Å². The molecule has 1 aliphatic carbocycles. The van der Waals surface area contributed by atoms with Crippen LogP contribution in [-0.2, 0) is 6.54 Å². The molecular weight excluding hydrogens is 182 g/mol. The third kappa shape index (κ3) is 1.56. The predicted octanol–water partition coefficient (Wildman–Crippen LogP) is 3.75. The lowest BCUT2D eigenvalue weighted by Crippen LogP contribution is -2.17. The molecule has 3 rings (SSSR count). The molecule has 1 nitrogen and oxygen atoms in total. The minimum atomic E-state index is 0.932. The van der Waals surface area contributed by atoms with Crippen LogP contribution in [0.15, 0.2) is 30.5 Å². The Morgan fingerprint density at radius 2 is 2.13 bits per heavy atom. The Hall–Kier alpha value is -1.24. The van der Waals surface area contributed by atoms with Crippen LogP contribution >= 0.6 is 0 Å². The van der Waals surface area contributed by atoms with Crippen molar-refractivity contribution in [3.05, 3.63) is 36.0 Å². The molecule has 1 aromatic heterocycles. The molecule has 1 aliphatic rings. The van der Waals surface area contributed by atoms with Gasteiger partial charge in [-0.15, -0.1) is 0 Å². The van der Waals surface area contributed by atoms with Crippen molar-refractivity contribution in [1.29, 1.82) is 0 Å². The quantitative estimate of drug-likeness (QED) is 0.694. The van der Waals surface area contributed by atoms with Gasteiger partial charge in [0.05, 0.1) is 0 Å². The first-order valence-corrected chi connectivity index (χ1v) is 5.88. The molecule has 0 spiro atoms. The highest BCUT2D eigenvalue weighted by atomic mass is 15.0. The Labute approximate surface area is 90.7 Å². The van der Waals surface area contributed by atoms with Crippen LogP contribution in [0, 0.1) is 12.8 Å². The van der Waals surface area contributed by atoms with E-state index in [9.17, 15) is 0 Å². The van der Waals surface area contributed by atoms with E-state index < -0.39 is 0 Å². The number of benzene rings is 1. The summed E-state index contributed by atoms with van der Waals surface area (Å²) in [6.45, 7) is 3.38. The van der Waals surface area contributed by atoms with Gasteiger partial charge in [0.2, 0.25) is 0 Å². The summed E-state index contributed by atoms with van der Waals surface area (Å²) >= 11 is 0. The molecule has 1 fully saturated rings. The van der Waals surface area contributed by atoms with Crippen molar-refractivity contribution in [2.45, 2.75) is 32.7 Å². The fraction of sp³-hybridized carbons (Fsp3) is 0.429. The topological polar surface area (TPSA) is 4.93 Å². The SMILES string of the molecule is Cc1ccc2ccn(CC3CCC3)c2c1. The highest BCUT2D eigenvalue weighted by molar-refractivity contribution is 5.80. The van der Waals surface area contributed by atoms with Crippen molar-refractivity contribution in [3.8, 4) is 0 Å². The molecule has 78 valence electrons. The van der Waals surface area contributed by atoms with E-state index in [0.717, 1.165) is 5.92 Å². The van der Waals surface area contributed by atoms with Crippen LogP contribution in [0.2, 0.25) is 0 Å². The molecule has 2 aromatic rings. The van der Waals surface area contributed by atoms with Crippen molar-refractivity contribution in [2.75, 3.05) is 0 Å². The predicted molar refractivity (Wildman–Crippen MR) is 64.0 cm³/mol. The molecule has 0 aliphatic heterocycles.